The molecule has 0 bridgehead atoms. The van der Waals surface area contributed by atoms with E-state index in [1.807, 2.05) is 0 Å². The second kappa shape index (κ2) is 9.57. The number of benzene rings is 2. The number of rotatable bonds is 8. The average molecular weight is 385 g/mol. The van der Waals surface area contributed by atoms with Gasteiger partial charge in [-0.25, -0.2) is 0 Å². The Balaban J connectivity index is 1.87. The van der Waals surface area contributed by atoms with Crippen LogP contribution in [0.25, 0.3) is 0 Å². The highest BCUT2D eigenvalue weighted by Gasteiger charge is 2.08. The summed E-state index contributed by atoms with van der Waals surface area (Å²) in [6.45, 7) is -3.33. The lowest BCUT2D eigenvalue weighted by molar-refractivity contribution is -0.120. The van der Waals surface area contributed by atoms with Crippen LogP contribution in [0.4, 0.5) is 14.5 Å². The normalized spacial score (nSPS) is 10.8. The molecule has 6 nitrogen and oxygen atoms in total. The van der Waals surface area contributed by atoms with E-state index >= 15 is 0 Å². The molecule has 9 heteroatoms. The molecular weight excluding hydrogens is 370 g/mol. The maximum Gasteiger partial charge on any atom is 0.387 e. The Bertz CT molecular complexity index is 787. The van der Waals surface area contributed by atoms with Gasteiger partial charge >= 0.3 is 6.61 Å². The number of nitrogens with zero attached hydrogens (tertiary/aromatic N) is 1. The van der Waals surface area contributed by atoms with Crippen LogP contribution in [0.2, 0.25) is 5.02 Å². The number of carbonyl (C=O) groups is 1. The van der Waals surface area contributed by atoms with Crippen LogP contribution in [0.5, 0.6) is 11.5 Å². The number of ether oxygens (including phenoxy) is 2. The summed E-state index contributed by atoms with van der Waals surface area (Å²) in [6, 6.07) is 10.8. The average Bonchev–Trinajstić information content (AvgIpc) is 2.60. The van der Waals surface area contributed by atoms with Crippen molar-refractivity contribution in [3.05, 3.63) is 53.1 Å². The van der Waals surface area contributed by atoms with E-state index in [1.165, 1.54) is 31.5 Å². The summed E-state index contributed by atoms with van der Waals surface area (Å²) in [5, 5.41) is 6.49. The second-order valence-electron chi connectivity index (χ2n) is 4.82. The van der Waals surface area contributed by atoms with E-state index in [4.69, 9.17) is 21.2 Å². The largest absolute Gasteiger partial charge is 0.495 e. The topological polar surface area (TPSA) is 69.2 Å². The van der Waals surface area contributed by atoms with E-state index in [1.54, 1.807) is 24.3 Å². The smallest absolute Gasteiger partial charge is 0.387 e. The minimum Gasteiger partial charge on any atom is -0.495 e. The minimum atomic E-state index is -2.95. The van der Waals surface area contributed by atoms with Gasteiger partial charge in [0.2, 0.25) is 0 Å². The van der Waals surface area contributed by atoms with Gasteiger partial charge in [0, 0.05) is 11.3 Å². The molecule has 2 rings (SSSR count). The van der Waals surface area contributed by atoms with E-state index in [0.717, 1.165) is 0 Å². The van der Waals surface area contributed by atoms with E-state index in [2.05, 4.69) is 15.2 Å². The molecule has 2 aromatic rings. The van der Waals surface area contributed by atoms with Crippen LogP contribution in [-0.4, -0.2) is 32.4 Å². The molecule has 0 atom stereocenters. The molecule has 0 aliphatic heterocycles. The summed E-state index contributed by atoms with van der Waals surface area (Å²) in [5.74, 6) is -0.0390. The van der Waals surface area contributed by atoms with Gasteiger partial charge in [0.25, 0.3) is 5.91 Å². The molecule has 138 valence electrons. The zero-order valence-corrected chi connectivity index (χ0v) is 14.4. The van der Waals surface area contributed by atoms with Crippen molar-refractivity contribution in [1.29, 1.82) is 0 Å². The van der Waals surface area contributed by atoms with Gasteiger partial charge in [-0.05, 0) is 30.3 Å². The molecule has 0 saturated carbocycles. The number of carbonyl (C=O) groups excluding carboxylic acids is 1. The lowest BCUT2D eigenvalue weighted by Gasteiger charge is -2.08. The van der Waals surface area contributed by atoms with Crippen LogP contribution in [0.15, 0.2) is 47.6 Å². The number of halogens is 3. The molecule has 0 aliphatic rings. The Hall–Kier alpha value is -2.87. The standard InChI is InChI=1S/C17H15ClF2N2O4/c1-24-15-7-6-12(8-13(15)18)22-16(23)10-25-21-9-11-4-2-3-5-14(11)26-17(19)20/h2-9,17H,10H2,1H3,(H,22,23)/b21-9-. The molecule has 0 fully saturated rings. The number of anilines is 1. The summed E-state index contributed by atoms with van der Waals surface area (Å²) in [7, 11) is 1.48. The molecule has 2 aromatic carbocycles. The van der Waals surface area contributed by atoms with Gasteiger partial charge in [0.15, 0.2) is 6.61 Å². The number of amides is 1. The number of alkyl halides is 2. The zero-order valence-electron chi connectivity index (χ0n) is 13.6. The SMILES string of the molecule is COc1ccc(NC(=O)CO/N=C\c2ccccc2OC(F)F)cc1Cl. The van der Waals surface area contributed by atoms with Crippen LogP contribution in [0.3, 0.4) is 0 Å². The van der Waals surface area contributed by atoms with Crippen LogP contribution in [-0.2, 0) is 9.63 Å². The van der Waals surface area contributed by atoms with Crippen LogP contribution in [0.1, 0.15) is 5.56 Å². The van der Waals surface area contributed by atoms with Crippen molar-refractivity contribution in [2.45, 2.75) is 6.61 Å². The lowest BCUT2D eigenvalue weighted by Crippen LogP contribution is -2.17. The summed E-state index contributed by atoms with van der Waals surface area (Å²) < 4.78 is 34.0. The Morgan fingerprint density at radius 3 is 2.73 bits per heavy atom. The van der Waals surface area contributed by atoms with Gasteiger partial charge in [0.05, 0.1) is 18.3 Å². The molecule has 0 aliphatic carbocycles. The molecule has 1 amide bonds. The molecule has 0 unspecified atom stereocenters. The van der Waals surface area contributed by atoms with Gasteiger partial charge in [-0.1, -0.05) is 28.9 Å². The van der Waals surface area contributed by atoms with Gasteiger partial charge < -0.3 is 19.6 Å². The summed E-state index contributed by atoms with van der Waals surface area (Å²) in [6.07, 6.45) is 1.18. The fourth-order valence-corrected chi connectivity index (χ4v) is 2.18. The van der Waals surface area contributed by atoms with Crippen molar-refractivity contribution in [3.8, 4) is 11.5 Å². The predicted octanol–water partition coefficient (Wildman–Crippen LogP) is 3.94. The Labute approximate surface area is 153 Å². The summed E-state index contributed by atoms with van der Waals surface area (Å²) in [5.41, 5.74) is 0.749. The fraction of sp³-hybridized carbons (Fsp3) is 0.176. The fourth-order valence-electron chi connectivity index (χ4n) is 1.92. The molecule has 0 heterocycles. The highest BCUT2D eigenvalue weighted by atomic mass is 35.5. The van der Waals surface area contributed by atoms with E-state index in [9.17, 15) is 13.6 Å². The first-order valence-electron chi connectivity index (χ1n) is 7.32. The van der Waals surface area contributed by atoms with E-state index < -0.39 is 12.5 Å². The third-order valence-corrected chi connectivity index (χ3v) is 3.33. The first kappa shape index (κ1) is 19.5. The summed E-state index contributed by atoms with van der Waals surface area (Å²) >= 11 is 5.96. The first-order chi connectivity index (χ1) is 12.5. The maximum absolute atomic E-state index is 12.3. The number of nitrogens with one attached hydrogen (secondary N) is 1. The third kappa shape index (κ3) is 5.89. The van der Waals surface area contributed by atoms with Crippen LogP contribution >= 0.6 is 11.6 Å². The highest BCUT2D eigenvalue weighted by molar-refractivity contribution is 6.32. The zero-order chi connectivity index (χ0) is 18.9. The second-order valence-corrected chi connectivity index (χ2v) is 5.23. The van der Waals surface area contributed by atoms with Crippen LogP contribution in [0, 0.1) is 0 Å². The van der Waals surface area contributed by atoms with Gasteiger partial charge in [-0.2, -0.15) is 8.78 Å². The number of hydrogen-bond donors (Lipinski definition) is 1. The van der Waals surface area contributed by atoms with Gasteiger partial charge in [0.1, 0.15) is 11.5 Å². The monoisotopic (exact) mass is 384 g/mol. The van der Waals surface area contributed by atoms with Gasteiger partial charge in [-0.15, -0.1) is 0 Å². The number of methoxy groups -OCH3 is 1. The van der Waals surface area contributed by atoms with Crippen molar-refractivity contribution in [2.75, 3.05) is 19.0 Å². The van der Waals surface area contributed by atoms with Crippen LogP contribution < -0.4 is 14.8 Å². The third-order valence-electron chi connectivity index (χ3n) is 3.03. The number of para-hydroxylation sites is 1. The first-order valence-corrected chi connectivity index (χ1v) is 7.70. The quantitative estimate of drug-likeness (QED) is 0.553. The van der Waals surface area contributed by atoms with E-state index in [-0.39, 0.29) is 17.9 Å². The van der Waals surface area contributed by atoms with Gasteiger partial charge in [-0.3, -0.25) is 4.79 Å². The molecule has 0 aromatic heterocycles. The van der Waals surface area contributed by atoms with Crippen molar-refractivity contribution in [2.24, 2.45) is 5.16 Å². The number of oxime groups is 1. The van der Waals surface area contributed by atoms with Crippen molar-refractivity contribution < 1.29 is 27.9 Å². The molecular formula is C17H15ClF2N2O4. The van der Waals surface area contributed by atoms with Crippen molar-refractivity contribution >= 4 is 29.4 Å². The molecule has 1 N–H and O–H groups in total. The van der Waals surface area contributed by atoms with Crippen molar-refractivity contribution in [1.82, 2.24) is 0 Å². The lowest BCUT2D eigenvalue weighted by atomic mass is 10.2. The Morgan fingerprint density at radius 1 is 1.27 bits per heavy atom. The molecule has 26 heavy (non-hydrogen) atoms. The molecule has 0 radical (unpaired) electrons. The highest BCUT2D eigenvalue weighted by Crippen LogP contribution is 2.27. The van der Waals surface area contributed by atoms with Crippen molar-refractivity contribution in [3.63, 3.8) is 0 Å². The molecule has 0 saturated heterocycles. The molecule has 0 spiro atoms. The Morgan fingerprint density at radius 2 is 2.04 bits per heavy atom. The number of hydrogen-bond acceptors (Lipinski definition) is 5. The summed E-state index contributed by atoms with van der Waals surface area (Å²) in [4.78, 5) is 16.7. The maximum atomic E-state index is 12.3. The van der Waals surface area contributed by atoms with E-state index in [0.29, 0.717) is 16.5 Å². The minimum absolute atomic E-state index is 0.0489. The Kier molecular flexibility index (Phi) is 7.16. The predicted molar refractivity (Wildman–Crippen MR) is 93.3 cm³/mol.